The lowest BCUT2D eigenvalue weighted by Gasteiger charge is -2.40. The van der Waals surface area contributed by atoms with Crippen molar-refractivity contribution in [3.63, 3.8) is 0 Å². The second-order valence-corrected chi connectivity index (χ2v) is 9.10. The van der Waals surface area contributed by atoms with Crippen LogP contribution in [-0.2, 0) is 16.0 Å². The van der Waals surface area contributed by atoms with Crippen LogP contribution >= 0.6 is 15.9 Å². The summed E-state index contributed by atoms with van der Waals surface area (Å²) >= 11 is 3.43. The summed E-state index contributed by atoms with van der Waals surface area (Å²) in [6.45, 7) is 0. The number of pyridine rings is 1. The number of nitriles is 1. The first-order chi connectivity index (χ1) is 15.9. The zero-order valence-corrected chi connectivity index (χ0v) is 19.1. The molecule has 5 atom stereocenters. The molecule has 7 nitrogen and oxygen atoms in total. The summed E-state index contributed by atoms with van der Waals surface area (Å²) in [6, 6.07) is 18.3. The van der Waals surface area contributed by atoms with Crippen molar-refractivity contribution >= 4 is 21.9 Å². The first kappa shape index (κ1) is 21.4. The molecule has 1 aromatic heterocycles. The van der Waals surface area contributed by atoms with Crippen LogP contribution in [0.4, 0.5) is 0 Å². The van der Waals surface area contributed by atoms with Crippen molar-refractivity contribution in [2.45, 2.75) is 17.1 Å². The van der Waals surface area contributed by atoms with Gasteiger partial charge in [0.1, 0.15) is 11.5 Å². The Labute approximate surface area is 198 Å². The molecule has 2 N–H and O–H groups in total. The number of carboxylic acid groups (broad SMARTS) is 1. The molecule has 1 fully saturated rings. The van der Waals surface area contributed by atoms with E-state index in [1.807, 2.05) is 6.07 Å². The van der Waals surface area contributed by atoms with E-state index in [4.69, 9.17) is 9.47 Å². The lowest BCUT2D eigenvalue weighted by molar-refractivity contribution is -0.144. The molecule has 1 aliphatic heterocycles. The van der Waals surface area contributed by atoms with Crippen LogP contribution in [0.5, 0.6) is 11.5 Å². The molecule has 166 valence electrons. The standard InChI is InChI=1S/C25H19BrN2O5/c1-32-18-12-28-13-19-22(18)24(31)17(11-27)20(23(29)30)21(14-5-3-2-4-6-14)25(24,33-19)15-7-9-16(26)10-8-15/h2-10,12-13,17,20-21,31H,1H3,(H,29,30). The second-order valence-electron chi connectivity index (χ2n) is 8.19. The van der Waals surface area contributed by atoms with E-state index in [0.717, 1.165) is 4.47 Å². The summed E-state index contributed by atoms with van der Waals surface area (Å²) < 4.78 is 12.8. The van der Waals surface area contributed by atoms with Crippen molar-refractivity contribution in [3.8, 4) is 17.6 Å². The lowest BCUT2D eigenvalue weighted by Crippen LogP contribution is -2.50. The van der Waals surface area contributed by atoms with Crippen molar-refractivity contribution < 1.29 is 24.5 Å². The number of aromatic nitrogens is 1. The first-order valence-corrected chi connectivity index (χ1v) is 11.1. The molecule has 33 heavy (non-hydrogen) atoms. The Morgan fingerprint density at radius 2 is 1.88 bits per heavy atom. The highest BCUT2D eigenvalue weighted by atomic mass is 79.9. The molecule has 0 saturated heterocycles. The fourth-order valence-corrected chi connectivity index (χ4v) is 5.84. The minimum Gasteiger partial charge on any atom is -0.495 e. The van der Waals surface area contributed by atoms with Gasteiger partial charge in [0.05, 0.1) is 43.0 Å². The molecule has 1 aliphatic carbocycles. The van der Waals surface area contributed by atoms with Gasteiger partial charge in [0.15, 0.2) is 11.2 Å². The third-order valence-electron chi connectivity index (χ3n) is 6.78. The van der Waals surface area contributed by atoms with Crippen LogP contribution < -0.4 is 9.47 Å². The van der Waals surface area contributed by atoms with Crippen LogP contribution in [0, 0.1) is 23.2 Å². The van der Waals surface area contributed by atoms with E-state index in [1.165, 1.54) is 19.5 Å². The number of hydrogen-bond donors (Lipinski definition) is 2. The summed E-state index contributed by atoms with van der Waals surface area (Å²) in [5.74, 6) is -4.17. The molecule has 0 bridgehead atoms. The number of rotatable bonds is 4. The third-order valence-corrected chi connectivity index (χ3v) is 7.31. The molecule has 0 amide bonds. The number of benzene rings is 2. The fourth-order valence-electron chi connectivity index (χ4n) is 5.58. The number of halogens is 1. The maximum Gasteiger partial charge on any atom is 0.308 e. The van der Waals surface area contributed by atoms with Gasteiger partial charge in [-0.1, -0.05) is 58.4 Å². The van der Waals surface area contributed by atoms with Crippen LogP contribution in [0.2, 0.25) is 0 Å². The molecule has 0 radical (unpaired) electrons. The Bertz CT molecular complexity index is 1280. The summed E-state index contributed by atoms with van der Waals surface area (Å²) in [5, 5.41) is 33.1. The van der Waals surface area contributed by atoms with Crippen LogP contribution in [0.15, 0.2) is 71.5 Å². The van der Waals surface area contributed by atoms with Crippen molar-refractivity contribution in [1.82, 2.24) is 4.98 Å². The summed E-state index contributed by atoms with van der Waals surface area (Å²) in [5.41, 5.74) is -2.22. The molecule has 3 aromatic rings. The van der Waals surface area contributed by atoms with E-state index in [0.29, 0.717) is 11.1 Å². The smallest absolute Gasteiger partial charge is 0.308 e. The number of aliphatic carboxylic acids is 1. The van der Waals surface area contributed by atoms with Crippen molar-refractivity contribution in [2.24, 2.45) is 11.8 Å². The Morgan fingerprint density at radius 1 is 1.18 bits per heavy atom. The highest BCUT2D eigenvalue weighted by Gasteiger charge is 2.78. The Kier molecular flexibility index (Phi) is 4.92. The van der Waals surface area contributed by atoms with E-state index < -0.39 is 34.9 Å². The molecule has 8 heteroatoms. The fraction of sp³-hybridized carbons (Fsp3) is 0.240. The normalized spacial score (nSPS) is 29.5. The highest BCUT2D eigenvalue weighted by Crippen LogP contribution is 2.71. The molecule has 5 unspecified atom stereocenters. The number of nitrogens with zero attached hydrogens (tertiary/aromatic N) is 2. The van der Waals surface area contributed by atoms with Gasteiger partial charge < -0.3 is 19.7 Å². The largest absolute Gasteiger partial charge is 0.495 e. The first-order valence-electron chi connectivity index (χ1n) is 10.3. The highest BCUT2D eigenvalue weighted by molar-refractivity contribution is 9.10. The van der Waals surface area contributed by atoms with E-state index in [9.17, 15) is 20.3 Å². The van der Waals surface area contributed by atoms with Gasteiger partial charge in [0.2, 0.25) is 0 Å². The third kappa shape index (κ3) is 2.70. The molecule has 2 heterocycles. The van der Waals surface area contributed by atoms with Crippen LogP contribution in [-0.4, -0.2) is 28.3 Å². The predicted molar refractivity (Wildman–Crippen MR) is 121 cm³/mol. The van der Waals surface area contributed by atoms with Gasteiger partial charge in [-0.05, 0) is 23.3 Å². The number of hydrogen-bond acceptors (Lipinski definition) is 6. The summed E-state index contributed by atoms with van der Waals surface area (Å²) in [6.07, 6.45) is 2.89. The SMILES string of the molecule is COc1cncc2c1C1(O)C(C#N)C(C(=O)O)C(c3ccccc3)C1(c1ccc(Br)cc1)O2. The number of carbonyl (C=O) groups is 1. The van der Waals surface area contributed by atoms with Gasteiger partial charge in [-0.25, -0.2) is 0 Å². The number of methoxy groups -OCH3 is 1. The monoisotopic (exact) mass is 506 g/mol. The summed E-state index contributed by atoms with van der Waals surface area (Å²) in [4.78, 5) is 16.8. The van der Waals surface area contributed by atoms with Crippen molar-refractivity contribution in [3.05, 3.63) is 88.2 Å². The quantitative estimate of drug-likeness (QED) is 0.550. The van der Waals surface area contributed by atoms with Crippen LogP contribution in [0.1, 0.15) is 22.6 Å². The molecular weight excluding hydrogens is 488 g/mol. The maximum atomic E-state index is 12.7. The van der Waals surface area contributed by atoms with Gasteiger partial charge in [0.25, 0.3) is 0 Å². The minimum absolute atomic E-state index is 0.229. The molecule has 5 rings (SSSR count). The van der Waals surface area contributed by atoms with E-state index in [-0.39, 0.29) is 17.1 Å². The molecule has 2 aliphatic rings. The van der Waals surface area contributed by atoms with Gasteiger partial charge in [-0.15, -0.1) is 0 Å². The van der Waals surface area contributed by atoms with Gasteiger partial charge in [-0.2, -0.15) is 5.26 Å². The Morgan fingerprint density at radius 3 is 2.48 bits per heavy atom. The van der Waals surface area contributed by atoms with E-state index in [1.54, 1.807) is 48.5 Å². The van der Waals surface area contributed by atoms with Gasteiger partial charge in [-0.3, -0.25) is 9.78 Å². The average Bonchev–Trinajstić information content (AvgIpc) is 3.22. The van der Waals surface area contributed by atoms with E-state index >= 15 is 0 Å². The van der Waals surface area contributed by atoms with Gasteiger partial charge >= 0.3 is 5.97 Å². The number of fused-ring (bicyclic) bond motifs is 3. The Balaban J connectivity index is 1.92. The average molecular weight is 507 g/mol. The zero-order chi connectivity index (χ0) is 23.4. The maximum absolute atomic E-state index is 12.7. The summed E-state index contributed by atoms with van der Waals surface area (Å²) in [7, 11) is 1.43. The number of aliphatic hydroxyl groups is 1. The molecular formula is C25H19BrN2O5. The number of ether oxygens (including phenoxy) is 2. The molecule has 1 saturated carbocycles. The van der Waals surface area contributed by atoms with E-state index in [2.05, 4.69) is 27.0 Å². The predicted octanol–water partition coefficient (Wildman–Crippen LogP) is 3.97. The van der Waals surface area contributed by atoms with Crippen molar-refractivity contribution in [1.29, 1.82) is 5.26 Å². The van der Waals surface area contributed by atoms with Crippen LogP contribution in [0.3, 0.4) is 0 Å². The molecule has 0 spiro atoms. The molecule has 2 aromatic carbocycles. The van der Waals surface area contributed by atoms with Crippen LogP contribution in [0.25, 0.3) is 0 Å². The topological polar surface area (TPSA) is 113 Å². The zero-order valence-electron chi connectivity index (χ0n) is 17.5. The Hall–Kier alpha value is -3.41. The number of carboxylic acids is 1. The van der Waals surface area contributed by atoms with Crippen molar-refractivity contribution in [2.75, 3.05) is 7.11 Å². The lowest BCUT2D eigenvalue weighted by atomic mass is 9.70. The second kappa shape index (κ2) is 7.58. The van der Waals surface area contributed by atoms with Gasteiger partial charge in [0, 0.05) is 10.4 Å². The minimum atomic E-state index is -2.03.